The number of aliphatic hydroxyl groups excluding tert-OH is 1. The Hall–Kier alpha value is -4.52. The first-order chi connectivity index (χ1) is 19.3. The molecule has 1 amide bonds. The minimum absolute atomic E-state index is 0.108. The number of carbonyl (C=O) groups is 2. The third-order valence-corrected chi connectivity index (χ3v) is 6.26. The van der Waals surface area contributed by atoms with Crippen molar-refractivity contribution in [1.29, 1.82) is 0 Å². The summed E-state index contributed by atoms with van der Waals surface area (Å²) < 4.78 is 82.6. The molecule has 0 radical (unpaired) electrons. The third kappa shape index (κ3) is 6.98. The predicted molar refractivity (Wildman–Crippen MR) is 134 cm³/mol. The summed E-state index contributed by atoms with van der Waals surface area (Å²) in [5, 5.41) is 12.7. The average Bonchev–Trinajstić information content (AvgIpc) is 3.31. The Kier molecular flexibility index (Phi) is 8.57. The van der Waals surface area contributed by atoms with Crippen molar-refractivity contribution in [3.05, 3.63) is 106 Å². The van der Waals surface area contributed by atoms with Crippen LogP contribution in [0.25, 0.3) is 11.1 Å². The average molecular weight is 576 g/mol. The van der Waals surface area contributed by atoms with Crippen LogP contribution in [0.3, 0.4) is 0 Å². The molecule has 41 heavy (non-hydrogen) atoms. The summed E-state index contributed by atoms with van der Waals surface area (Å²) in [6.45, 7) is -1.54. The second-order valence-corrected chi connectivity index (χ2v) is 9.27. The molecule has 4 aromatic rings. The molecule has 0 aliphatic rings. The highest BCUT2D eigenvalue weighted by Gasteiger charge is 2.37. The van der Waals surface area contributed by atoms with Crippen molar-refractivity contribution >= 4 is 11.7 Å². The van der Waals surface area contributed by atoms with Crippen molar-refractivity contribution in [1.82, 2.24) is 14.8 Å². The van der Waals surface area contributed by atoms with Gasteiger partial charge in [0.05, 0.1) is 24.4 Å². The number of hydrogen-bond acceptors (Lipinski definition) is 5. The van der Waals surface area contributed by atoms with Crippen LogP contribution >= 0.6 is 0 Å². The zero-order chi connectivity index (χ0) is 29.9. The number of aliphatic hydroxyl groups is 1. The minimum atomic E-state index is -4.85. The summed E-state index contributed by atoms with van der Waals surface area (Å²) in [4.78, 5) is 29.2. The summed E-state index contributed by atoms with van der Waals surface area (Å²) >= 11 is 0. The Balaban J connectivity index is 1.73. The number of alkyl halides is 3. The van der Waals surface area contributed by atoms with Gasteiger partial charge < -0.3 is 10.8 Å². The maximum atomic E-state index is 14.1. The number of hydrogen-bond donors (Lipinski definition) is 2. The van der Waals surface area contributed by atoms with Crippen LogP contribution in [0.1, 0.15) is 45.2 Å². The number of rotatable bonds is 10. The van der Waals surface area contributed by atoms with Crippen LogP contribution in [0.4, 0.5) is 26.3 Å². The number of primary amides is 1. The van der Waals surface area contributed by atoms with Crippen LogP contribution in [0.5, 0.6) is 0 Å². The Labute approximate surface area is 229 Å². The SMILES string of the molecule is NC(=O)c1cc(-c2cccnc2[C@@H](CC(=O)Cn2cc(CO)c(C(F)(F)F)n2)Cc2cc(F)cc(F)c2)ccc1F. The van der Waals surface area contributed by atoms with Crippen LogP contribution in [0, 0.1) is 17.5 Å². The van der Waals surface area contributed by atoms with Crippen LogP contribution in [-0.2, 0) is 30.5 Å². The van der Waals surface area contributed by atoms with E-state index >= 15 is 0 Å². The number of benzene rings is 2. The fourth-order valence-corrected chi connectivity index (χ4v) is 4.57. The Bertz CT molecular complexity index is 1580. The normalized spacial score (nSPS) is 12.4. The maximum absolute atomic E-state index is 14.1. The Morgan fingerprint density at radius 3 is 2.34 bits per heavy atom. The molecule has 0 saturated carbocycles. The summed E-state index contributed by atoms with van der Waals surface area (Å²) in [5.41, 5.74) is 4.16. The van der Waals surface area contributed by atoms with Gasteiger partial charge in [-0.15, -0.1) is 0 Å². The molecule has 2 heterocycles. The fourth-order valence-electron chi connectivity index (χ4n) is 4.57. The van der Waals surface area contributed by atoms with Crippen LogP contribution in [0.15, 0.2) is 60.9 Å². The van der Waals surface area contributed by atoms with Crippen molar-refractivity contribution in [2.24, 2.45) is 5.73 Å². The van der Waals surface area contributed by atoms with Crippen molar-refractivity contribution < 1.29 is 41.0 Å². The highest BCUT2D eigenvalue weighted by atomic mass is 19.4. The monoisotopic (exact) mass is 576 g/mol. The van der Waals surface area contributed by atoms with E-state index in [4.69, 9.17) is 5.73 Å². The summed E-state index contributed by atoms with van der Waals surface area (Å²) in [6, 6.07) is 9.55. The van der Waals surface area contributed by atoms with E-state index in [1.165, 1.54) is 18.3 Å². The first kappa shape index (κ1) is 29.5. The van der Waals surface area contributed by atoms with Crippen molar-refractivity contribution in [2.75, 3.05) is 0 Å². The van der Waals surface area contributed by atoms with Gasteiger partial charge in [0.2, 0.25) is 0 Å². The number of nitrogens with two attached hydrogens (primary N) is 1. The van der Waals surface area contributed by atoms with Gasteiger partial charge in [0.15, 0.2) is 11.5 Å². The number of carbonyl (C=O) groups excluding carboxylic acids is 2. The van der Waals surface area contributed by atoms with Crippen LogP contribution < -0.4 is 5.73 Å². The standard InChI is InChI=1S/C28H22F6N4O3/c29-19-7-15(8-20(30)11-19)6-17(9-21(40)13-38-12-18(14-39)26(37-38)28(32,33)34)25-22(2-1-5-36-25)16-3-4-24(31)23(10-16)27(35)41/h1-5,7-8,10-12,17,39H,6,9,13-14H2,(H2,35,41)/t17-/m1/s1. The van der Waals surface area contributed by atoms with E-state index in [0.29, 0.717) is 17.2 Å². The van der Waals surface area contributed by atoms with Gasteiger partial charge in [0.1, 0.15) is 17.5 Å². The molecule has 3 N–H and O–H groups in total. The fraction of sp³-hybridized carbons (Fsp3) is 0.214. The Morgan fingerprint density at radius 1 is 1.02 bits per heavy atom. The van der Waals surface area contributed by atoms with Gasteiger partial charge in [-0.05, 0) is 47.9 Å². The zero-order valence-corrected chi connectivity index (χ0v) is 21.1. The van der Waals surface area contributed by atoms with Gasteiger partial charge in [-0.1, -0.05) is 12.1 Å². The number of aromatic nitrogens is 3. The molecule has 0 aliphatic carbocycles. The topological polar surface area (TPSA) is 111 Å². The molecule has 2 aromatic carbocycles. The second kappa shape index (κ2) is 11.9. The quantitative estimate of drug-likeness (QED) is 0.260. The van der Waals surface area contributed by atoms with E-state index in [-0.39, 0.29) is 24.1 Å². The molecular weight excluding hydrogens is 554 g/mol. The van der Waals surface area contributed by atoms with Crippen LogP contribution in [-0.4, -0.2) is 31.6 Å². The summed E-state index contributed by atoms with van der Waals surface area (Å²) in [6.07, 6.45) is -2.99. The molecular formula is C28H22F6N4O3. The van der Waals surface area contributed by atoms with Gasteiger partial charge in [-0.2, -0.15) is 18.3 Å². The zero-order valence-electron chi connectivity index (χ0n) is 21.1. The third-order valence-electron chi connectivity index (χ3n) is 6.26. The van der Waals surface area contributed by atoms with E-state index in [2.05, 4.69) is 10.1 Å². The number of Topliss-reactive ketones (excluding diaryl/α,β-unsaturated/α-hetero) is 1. The van der Waals surface area contributed by atoms with Gasteiger partial charge in [-0.25, -0.2) is 13.2 Å². The summed E-state index contributed by atoms with van der Waals surface area (Å²) in [7, 11) is 0. The molecule has 0 spiro atoms. The maximum Gasteiger partial charge on any atom is 0.435 e. The molecule has 13 heteroatoms. The molecule has 0 aliphatic heterocycles. The number of pyridine rings is 1. The van der Waals surface area contributed by atoms with Gasteiger partial charge in [0.25, 0.3) is 5.91 Å². The molecule has 0 saturated heterocycles. The first-order valence-electron chi connectivity index (χ1n) is 12.1. The predicted octanol–water partition coefficient (Wildman–Crippen LogP) is 4.96. The van der Waals surface area contributed by atoms with E-state index in [1.807, 2.05) is 0 Å². The van der Waals surface area contributed by atoms with E-state index in [1.54, 1.807) is 12.1 Å². The number of amides is 1. The Morgan fingerprint density at radius 2 is 1.73 bits per heavy atom. The second-order valence-electron chi connectivity index (χ2n) is 9.27. The van der Waals surface area contributed by atoms with Crippen molar-refractivity contribution in [3.63, 3.8) is 0 Å². The van der Waals surface area contributed by atoms with Gasteiger partial charge in [0, 0.05) is 41.9 Å². The first-order valence-corrected chi connectivity index (χ1v) is 12.1. The lowest BCUT2D eigenvalue weighted by Gasteiger charge is -2.20. The highest BCUT2D eigenvalue weighted by molar-refractivity contribution is 5.94. The molecule has 0 fully saturated rings. The van der Waals surface area contributed by atoms with Gasteiger partial charge >= 0.3 is 6.18 Å². The molecule has 0 unspecified atom stereocenters. The molecule has 214 valence electrons. The molecule has 0 bridgehead atoms. The molecule has 2 aromatic heterocycles. The van der Waals surface area contributed by atoms with Crippen LogP contribution in [0.2, 0.25) is 0 Å². The lowest BCUT2D eigenvalue weighted by Crippen LogP contribution is -2.18. The highest BCUT2D eigenvalue weighted by Crippen LogP contribution is 2.34. The summed E-state index contributed by atoms with van der Waals surface area (Å²) in [5.74, 6) is -5.05. The largest absolute Gasteiger partial charge is 0.435 e. The molecule has 4 rings (SSSR count). The van der Waals surface area contributed by atoms with E-state index in [9.17, 15) is 41.0 Å². The lowest BCUT2D eigenvalue weighted by atomic mass is 9.86. The van der Waals surface area contributed by atoms with Crippen molar-refractivity contribution in [3.8, 4) is 11.1 Å². The van der Waals surface area contributed by atoms with E-state index in [0.717, 1.165) is 29.1 Å². The number of ketones is 1. The number of nitrogens with zero attached hydrogens (tertiary/aromatic N) is 3. The van der Waals surface area contributed by atoms with Gasteiger partial charge in [-0.3, -0.25) is 19.3 Å². The number of halogens is 6. The molecule has 7 nitrogen and oxygen atoms in total. The minimum Gasteiger partial charge on any atom is -0.392 e. The van der Waals surface area contributed by atoms with E-state index < -0.39 is 71.2 Å². The van der Waals surface area contributed by atoms with Crippen molar-refractivity contribution in [2.45, 2.75) is 38.1 Å². The lowest BCUT2D eigenvalue weighted by molar-refractivity contribution is -0.142. The molecule has 1 atom stereocenters. The smallest absolute Gasteiger partial charge is 0.392 e.